The van der Waals surface area contributed by atoms with Gasteiger partial charge >= 0.3 is 5.97 Å². The van der Waals surface area contributed by atoms with Crippen LogP contribution in [0, 0.1) is 0 Å². The van der Waals surface area contributed by atoms with E-state index in [2.05, 4.69) is 16.9 Å². The molecule has 2 rings (SSSR count). The zero-order valence-corrected chi connectivity index (χ0v) is 9.40. The van der Waals surface area contributed by atoms with E-state index in [4.69, 9.17) is 10.5 Å². The standard InChI is InChI=1S/C11H17N3O2/c1-14-4-2-9(3-5-14)16-11(15)10-6-8(12)7-13-10/h6-7,9,13H,2-5,12H2,1H3. The van der Waals surface area contributed by atoms with Crippen molar-refractivity contribution >= 4 is 11.7 Å². The average Bonchev–Trinajstić information content (AvgIpc) is 2.68. The lowest BCUT2D eigenvalue weighted by Gasteiger charge is -2.28. The molecule has 1 fully saturated rings. The molecule has 1 aromatic rings. The fraction of sp³-hybridized carbons (Fsp3) is 0.545. The molecule has 0 amide bonds. The van der Waals surface area contributed by atoms with Gasteiger partial charge in [-0.15, -0.1) is 0 Å². The number of carbonyl (C=O) groups excluding carboxylic acids is 1. The maximum atomic E-state index is 11.7. The van der Waals surface area contributed by atoms with Crippen LogP contribution in [-0.2, 0) is 4.74 Å². The number of nitrogens with one attached hydrogen (secondary N) is 1. The van der Waals surface area contributed by atoms with Crippen LogP contribution in [0.3, 0.4) is 0 Å². The summed E-state index contributed by atoms with van der Waals surface area (Å²) in [6.07, 6.45) is 3.43. The fourth-order valence-electron chi connectivity index (χ4n) is 1.85. The molecular weight excluding hydrogens is 206 g/mol. The number of nitrogens with zero attached hydrogens (tertiary/aromatic N) is 1. The molecular formula is C11H17N3O2. The smallest absolute Gasteiger partial charge is 0.355 e. The van der Waals surface area contributed by atoms with Crippen LogP contribution in [0.5, 0.6) is 0 Å². The number of H-pyrrole nitrogens is 1. The summed E-state index contributed by atoms with van der Waals surface area (Å²) in [5.41, 5.74) is 6.50. The van der Waals surface area contributed by atoms with Crippen molar-refractivity contribution in [1.29, 1.82) is 0 Å². The summed E-state index contributed by atoms with van der Waals surface area (Å²) >= 11 is 0. The van der Waals surface area contributed by atoms with Crippen LogP contribution in [0.25, 0.3) is 0 Å². The van der Waals surface area contributed by atoms with Crippen molar-refractivity contribution in [2.45, 2.75) is 18.9 Å². The van der Waals surface area contributed by atoms with Crippen LogP contribution in [-0.4, -0.2) is 42.1 Å². The number of hydrogen-bond donors (Lipinski definition) is 2. The summed E-state index contributed by atoms with van der Waals surface area (Å²) < 4.78 is 5.39. The third kappa shape index (κ3) is 2.55. The predicted molar refractivity (Wildman–Crippen MR) is 61.1 cm³/mol. The van der Waals surface area contributed by atoms with Gasteiger partial charge in [-0.2, -0.15) is 0 Å². The number of piperidine rings is 1. The highest BCUT2D eigenvalue weighted by Crippen LogP contribution is 2.15. The van der Waals surface area contributed by atoms with Crippen molar-refractivity contribution in [2.24, 2.45) is 0 Å². The van der Waals surface area contributed by atoms with Gasteiger partial charge in [0.2, 0.25) is 0 Å². The normalized spacial score (nSPS) is 18.6. The Morgan fingerprint density at radius 2 is 2.25 bits per heavy atom. The lowest BCUT2D eigenvalue weighted by molar-refractivity contribution is 0.0134. The molecule has 0 aliphatic carbocycles. The van der Waals surface area contributed by atoms with Gasteiger partial charge in [0.25, 0.3) is 0 Å². The Bertz CT molecular complexity index is 367. The van der Waals surface area contributed by atoms with Crippen molar-refractivity contribution in [1.82, 2.24) is 9.88 Å². The maximum absolute atomic E-state index is 11.7. The highest BCUT2D eigenvalue weighted by Gasteiger charge is 2.21. The number of nitrogen functional groups attached to an aromatic ring is 1. The van der Waals surface area contributed by atoms with Crippen molar-refractivity contribution in [3.63, 3.8) is 0 Å². The van der Waals surface area contributed by atoms with E-state index in [1.165, 1.54) is 0 Å². The van der Waals surface area contributed by atoms with Gasteiger partial charge in [-0.3, -0.25) is 0 Å². The number of esters is 1. The number of hydrogen-bond acceptors (Lipinski definition) is 4. The maximum Gasteiger partial charge on any atom is 0.355 e. The first-order valence-electron chi connectivity index (χ1n) is 5.48. The molecule has 5 nitrogen and oxygen atoms in total. The molecule has 1 aromatic heterocycles. The van der Waals surface area contributed by atoms with Crippen molar-refractivity contribution in [3.05, 3.63) is 18.0 Å². The zero-order chi connectivity index (χ0) is 11.5. The quantitative estimate of drug-likeness (QED) is 0.729. The monoisotopic (exact) mass is 223 g/mol. The molecule has 2 heterocycles. The number of likely N-dealkylation sites (tertiary alicyclic amines) is 1. The highest BCUT2D eigenvalue weighted by molar-refractivity contribution is 5.88. The summed E-state index contributed by atoms with van der Waals surface area (Å²) in [5, 5.41) is 0. The zero-order valence-electron chi connectivity index (χ0n) is 9.40. The molecule has 0 saturated carbocycles. The molecule has 0 bridgehead atoms. The number of rotatable bonds is 2. The first-order valence-corrected chi connectivity index (χ1v) is 5.48. The van der Waals surface area contributed by atoms with Crippen LogP contribution in [0.1, 0.15) is 23.3 Å². The van der Waals surface area contributed by atoms with Crippen molar-refractivity contribution in [3.8, 4) is 0 Å². The van der Waals surface area contributed by atoms with Gasteiger partial charge in [0, 0.05) is 19.3 Å². The Labute approximate surface area is 94.6 Å². The molecule has 3 N–H and O–H groups in total. The molecule has 5 heteroatoms. The molecule has 88 valence electrons. The Balaban J connectivity index is 1.88. The molecule has 1 aliphatic rings. The summed E-state index contributed by atoms with van der Waals surface area (Å²) in [4.78, 5) is 16.7. The molecule has 1 saturated heterocycles. The van der Waals surface area contributed by atoms with E-state index in [1.807, 2.05) is 0 Å². The highest BCUT2D eigenvalue weighted by atomic mass is 16.5. The molecule has 1 aliphatic heterocycles. The minimum atomic E-state index is -0.314. The number of anilines is 1. The lowest BCUT2D eigenvalue weighted by atomic mass is 10.1. The van der Waals surface area contributed by atoms with E-state index in [0.29, 0.717) is 11.4 Å². The predicted octanol–water partition coefficient (Wildman–Crippen LogP) is 0.848. The Morgan fingerprint density at radius 3 is 2.81 bits per heavy atom. The minimum absolute atomic E-state index is 0.0354. The van der Waals surface area contributed by atoms with Gasteiger partial charge in [-0.1, -0.05) is 0 Å². The molecule has 0 aromatic carbocycles. The largest absolute Gasteiger partial charge is 0.458 e. The molecule has 0 atom stereocenters. The molecule has 16 heavy (non-hydrogen) atoms. The van der Waals surface area contributed by atoms with E-state index in [1.54, 1.807) is 12.3 Å². The number of ether oxygens (including phenoxy) is 1. The van der Waals surface area contributed by atoms with E-state index in [0.717, 1.165) is 25.9 Å². The first kappa shape index (κ1) is 11.0. The molecule has 0 spiro atoms. The Kier molecular flexibility index (Phi) is 3.14. The SMILES string of the molecule is CN1CCC(OC(=O)c2cc(N)c[nH]2)CC1. The van der Waals surface area contributed by atoms with Gasteiger partial charge in [0.05, 0.1) is 5.69 Å². The summed E-state index contributed by atoms with van der Waals surface area (Å²) in [5.74, 6) is -0.314. The number of aromatic amines is 1. The Morgan fingerprint density at radius 1 is 1.56 bits per heavy atom. The van der Waals surface area contributed by atoms with Gasteiger partial charge < -0.3 is 20.4 Å². The van der Waals surface area contributed by atoms with Gasteiger partial charge in [0.15, 0.2) is 0 Å². The van der Waals surface area contributed by atoms with Crippen LogP contribution in [0.2, 0.25) is 0 Å². The fourth-order valence-corrected chi connectivity index (χ4v) is 1.85. The van der Waals surface area contributed by atoms with E-state index in [9.17, 15) is 4.79 Å². The lowest BCUT2D eigenvalue weighted by Crippen LogP contribution is -2.35. The van der Waals surface area contributed by atoms with E-state index < -0.39 is 0 Å². The second-order valence-corrected chi connectivity index (χ2v) is 4.25. The summed E-state index contributed by atoms with van der Waals surface area (Å²) in [6.45, 7) is 1.95. The average molecular weight is 223 g/mol. The van der Waals surface area contributed by atoms with Gasteiger partial charge in [-0.05, 0) is 26.0 Å². The van der Waals surface area contributed by atoms with Gasteiger partial charge in [0.1, 0.15) is 11.8 Å². The summed E-state index contributed by atoms with van der Waals surface area (Å²) in [7, 11) is 2.07. The molecule has 0 unspecified atom stereocenters. The first-order chi connectivity index (χ1) is 7.65. The number of carbonyl (C=O) groups is 1. The van der Waals surface area contributed by atoms with E-state index >= 15 is 0 Å². The van der Waals surface area contributed by atoms with Crippen LogP contribution < -0.4 is 5.73 Å². The minimum Gasteiger partial charge on any atom is -0.458 e. The van der Waals surface area contributed by atoms with Crippen molar-refractivity contribution < 1.29 is 9.53 Å². The van der Waals surface area contributed by atoms with Crippen LogP contribution in [0.15, 0.2) is 12.3 Å². The second-order valence-electron chi connectivity index (χ2n) is 4.25. The topological polar surface area (TPSA) is 71.3 Å². The van der Waals surface area contributed by atoms with Gasteiger partial charge in [-0.25, -0.2) is 4.79 Å². The van der Waals surface area contributed by atoms with Crippen LogP contribution >= 0.6 is 0 Å². The van der Waals surface area contributed by atoms with Crippen molar-refractivity contribution in [2.75, 3.05) is 25.9 Å². The van der Waals surface area contributed by atoms with Crippen LogP contribution in [0.4, 0.5) is 5.69 Å². The number of aromatic nitrogens is 1. The molecule has 0 radical (unpaired) electrons. The third-order valence-corrected chi connectivity index (χ3v) is 2.86. The van der Waals surface area contributed by atoms with E-state index in [-0.39, 0.29) is 12.1 Å². The summed E-state index contributed by atoms with van der Waals surface area (Å²) in [6, 6.07) is 1.59. The second kappa shape index (κ2) is 4.57. The third-order valence-electron chi connectivity index (χ3n) is 2.86. The Hall–Kier alpha value is -1.49. The number of nitrogens with two attached hydrogens (primary N) is 1.